The Kier molecular flexibility index (Phi) is 6.29. The summed E-state index contributed by atoms with van der Waals surface area (Å²) in [6.45, 7) is 1.84. The van der Waals surface area contributed by atoms with Crippen molar-refractivity contribution in [1.82, 2.24) is 4.67 Å². The molecule has 2 heteroatoms. The number of hydrogen-bond acceptors (Lipinski definition) is 1. The maximum absolute atomic E-state index is 2.63. The van der Waals surface area contributed by atoms with E-state index in [0.29, 0.717) is 0 Å². The molecular weight excluding hydrogens is 357 g/mol. The van der Waals surface area contributed by atoms with E-state index in [2.05, 4.69) is 126 Å². The van der Waals surface area contributed by atoms with Gasteiger partial charge in [-0.25, -0.2) is 0 Å². The van der Waals surface area contributed by atoms with E-state index in [-0.39, 0.29) is 0 Å². The SMILES string of the molecule is c1ccc(CN(Cc2ccccc2)P(c2ccccc2)c2ccccc2)cc1. The van der Waals surface area contributed by atoms with Gasteiger partial charge < -0.3 is 0 Å². The topological polar surface area (TPSA) is 3.24 Å². The summed E-state index contributed by atoms with van der Waals surface area (Å²) in [5.74, 6) is 0. The second-order valence-corrected chi connectivity index (χ2v) is 9.00. The first kappa shape index (κ1) is 18.6. The number of nitrogens with zero attached hydrogens (tertiary/aromatic N) is 1. The molecule has 0 aliphatic rings. The molecule has 0 heterocycles. The molecule has 1 nitrogen and oxygen atoms in total. The molecule has 0 bridgehead atoms. The van der Waals surface area contributed by atoms with Gasteiger partial charge in [0.15, 0.2) is 0 Å². The third kappa shape index (κ3) is 4.75. The highest BCUT2D eigenvalue weighted by Gasteiger charge is 2.22. The van der Waals surface area contributed by atoms with Crippen molar-refractivity contribution in [3.05, 3.63) is 132 Å². The molecule has 4 aromatic rings. The Morgan fingerprint density at radius 3 is 1.11 bits per heavy atom. The Morgan fingerprint density at radius 2 is 0.750 bits per heavy atom. The van der Waals surface area contributed by atoms with Gasteiger partial charge in [-0.2, -0.15) is 0 Å². The van der Waals surface area contributed by atoms with Crippen molar-refractivity contribution in [3.63, 3.8) is 0 Å². The lowest BCUT2D eigenvalue weighted by Gasteiger charge is -2.32. The molecule has 0 spiro atoms. The van der Waals surface area contributed by atoms with Crippen LogP contribution in [-0.4, -0.2) is 4.67 Å². The third-order valence-corrected chi connectivity index (χ3v) is 7.12. The molecule has 0 aromatic heterocycles. The summed E-state index contributed by atoms with van der Waals surface area (Å²) in [5, 5.41) is 2.77. The normalized spacial score (nSPS) is 11.1. The summed E-state index contributed by atoms with van der Waals surface area (Å²) in [4.78, 5) is 0. The van der Waals surface area contributed by atoms with Gasteiger partial charge in [0.05, 0.1) is 0 Å². The zero-order valence-corrected chi connectivity index (χ0v) is 16.8. The lowest BCUT2D eigenvalue weighted by atomic mass is 10.2. The maximum Gasteiger partial charge on any atom is 0.0287 e. The summed E-state index contributed by atoms with van der Waals surface area (Å²) in [6.07, 6.45) is 0. The van der Waals surface area contributed by atoms with E-state index in [9.17, 15) is 0 Å². The molecule has 0 saturated carbocycles. The molecule has 0 atom stereocenters. The third-order valence-electron chi connectivity index (χ3n) is 4.70. The highest BCUT2D eigenvalue weighted by Crippen LogP contribution is 2.40. The second-order valence-electron chi connectivity index (χ2n) is 6.78. The summed E-state index contributed by atoms with van der Waals surface area (Å²) >= 11 is 0. The van der Waals surface area contributed by atoms with E-state index < -0.39 is 8.07 Å². The van der Waals surface area contributed by atoms with Crippen LogP contribution in [0.2, 0.25) is 0 Å². The first-order chi connectivity index (χ1) is 13.9. The fourth-order valence-electron chi connectivity index (χ4n) is 3.40. The van der Waals surface area contributed by atoms with Crippen LogP contribution in [0.25, 0.3) is 0 Å². The summed E-state index contributed by atoms with van der Waals surface area (Å²) in [6, 6.07) is 43.4. The predicted octanol–water partition coefficient (Wildman–Crippen LogP) is 5.74. The van der Waals surface area contributed by atoms with Gasteiger partial charge in [-0.05, 0) is 21.7 Å². The Bertz CT molecular complexity index is 875. The molecule has 4 aromatic carbocycles. The van der Waals surface area contributed by atoms with Crippen molar-refractivity contribution in [1.29, 1.82) is 0 Å². The van der Waals surface area contributed by atoms with Crippen molar-refractivity contribution in [2.75, 3.05) is 0 Å². The molecule has 0 N–H and O–H groups in total. The first-order valence-corrected chi connectivity index (χ1v) is 10.9. The Morgan fingerprint density at radius 1 is 0.429 bits per heavy atom. The minimum absolute atomic E-state index is 0.628. The van der Waals surface area contributed by atoms with Gasteiger partial charge in [0.2, 0.25) is 0 Å². The Labute approximate surface area is 169 Å². The van der Waals surface area contributed by atoms with Gasteiger partial charge in [-0.15, -0.1) is 0 Å². The van der Waals surface area contributed by atoms with Gasteiger partial charge in [-0.3, -0.25) is 4.67 Å². The van der Waals surface area contributed by atoms with E-state index >= 15 is 0 Å². The van der Waals surface area contributed by atoms with Crippen molar-refractivity contribution < 1.29 is 0 Å². The van der Waals surface area contributed by atoms with Crippen LogP contribution in [-0.2, 0) is 13.1 Å². The van der Waals surface area contributed by atoms with E-state index in [1.54, 1.807) is 0 Å². The fourth-order valence-corrected chi connectivity index (χ4v) is 5.87. The van der Waals surface area contributed by atoms with Crippen LogP contribution in [0.15, 0.2) is 121 Å². The molecule has 28 heavy (non-hydrogen) atoms. The monoisotopic (exact) mass is 381 g/mol. The Balaban J connectivity index is 1.76. The van der Waals surface area contributed by atoms with Crippen LogP contribution in [0.5, 0.6) is 0 Å². The largest absolute Gasteiger partial charge is 0.266 e. The summed E-state index contributed by atoms with van der Waals surface area (Å²) in [5.41, 5.74) is 2.69. The summed E-state index contributed by atoms with van der Waals surface area (Å²) in [7, 11) is -0.628. The second kappa shape index (κ2) is 9.46. The maximum atomic E-state index is 2.63. The molecule has 0 unspecified atom stereocenters. The molecule has 0 radical (unpaired) electrons. The van der Waals surface area contributed by atoms with Gasteiger partial charge in [0.25, 0.3) is 0 Å². The lowest BCUT2D eigenvalue weighted by molar-refractivity contribution is 0.452. The van der Waals surface area contributed by atoms with Crippen LogP contribution >= 0.6 is 8.07 Å². The highest BCUT2D eigenvalue weighted by atomic mass is 31.1. The number of benzene rings is 4. The zero-order valence-electron chi connectivity index (χ0n) is 15.9. The quantitative estimate of drug-likeness (QED) is 0.369. The van der Waals surface area contributed by atoms with Gasteiger partial charge >= 0.3 is 0 Å². The molecule has 0 aliphatic heterocycles. The highest BCUT2D eigenvalue weighted by molar-refractivity contribution is 7.70. The van der Waals surface area contributed by atoms with Crippen molar-refractivity contribution in [2.24, 2.45) is 0 Å². The van der Waals surface area contributed by atoms with E-state index in [0.717, 1.165) is 13.1 Å². The standard InChI is InChI=1S/C26H24NP/c1-5-13-23(14-6-1)21-27(22-24-15-7-2-8-16-24)28(25-17-9-3-10-18-25)26-19-11-4-12-20-26/h1-20H,21-22H2. The van der Waals surface area contributed by atoms with Crippen molar-refractivity contribution >= 4 is 18.7 Å². The van der Waals surface area contributed by atoms with Crippen LogP contribution in [0.4, 0.5) is 0 Å². The molecular formula is C26H24NP. The number of hydrogen-bond donors (Lipinski definition) is 0. The predicted molar refractivity (Wildman–Crippen MR) is 121 cm³/mol. The summed E-state index contributed by atoms with van der Waals surface area (Å²) < 4.78 is 2.63. The van der Waals surface area contributed by atoms with E-state index in [1.807, 2.05) is 0 Å². The van der Waals surface area contributed by atoms with Gasteiger partial charge in [0.1, 0.15) is 0 Å². The minimum Gasteiger partial charge on any atom is -0.266 e. The fraction of sp³-hybridized carbons (Fsp3) is 0.0769. The van der Waals surface area contributed by atoms with Crippen LogP contribution in [0, 0.1) is 0 Å². The molecule has 0 amide bonds. The minimum atomic E-state index is -0.628. The van der Waals surface area contributed by atoms with E-state index in [1.165, 1.54) is 21.7 Å². The molecule has 0 fully saturated rings. The van der Waals surface area contributed by atoms with Gasteiger partial charge in [0, 0.05) is 21.2 Å². The van der Waals surface area contributed by atoms with Crippen LogP contribution in [0.1, 0.15) is 11.1 Å². The van der Waals surface area contributed by atoms with E-state index in [4.69, 9.17) is 0 Å². The lowest BCUT2D eigenvalue weighted by Crippen LogP contribution is -2.28. The average Bonchev–Trinajstić information content (AvgIpc) is 2.77. The zero-order chi connectivity index (χ0) is 19.0. The molecule has 4 rings (SSSR count). The van der Waals surface area contributed by atoms with Crippen LogP contribution < -0.4 is 10.6 Å². The van der Waals surface area contributed by atoms with Crippen LogP contribution in [0.3, 0.4) is 0 Å². The smallest absolute Gasteiger partial charge is 0.0287 e. The Hall–Kier alpha value is -2.73. The van der Waals surface area contributed by atoms with Crippen molar-refractivity contribution in [2.45, 2.75) is 13.1 Å². The van der Waals surface area contributed by atoms with Crippen molar-refractivity contribution in [3.8, 4) is 0 Å². The number of rotatable bonds is 7. The molecule has 138 valence electrons. The van der Waals surface area contributed by atoms with Gasteiger partial charge in [-0.1, -0.05) is 121 Å². The molecule has 0 aliphatic carbocycles. The average molecular weight is 381 g/mol. The first-order valence-electron chi connectivity index (χ1n) is 9.63. The molecule has 0 saturated heterocycles.